The van der Waals surface area contributed by atoms with Crippen molar-refractivity contribution in [3.63, 3.8) is 0 Å². The molecular weight excluding hydrogens is 220 g/mol. The molecule has 18 heavy (non-hydrogen) atoms. The van der Waals surface area contributed by atoms with Crippen molar-refractivity contribution in [2.75, 3.05) is 6.54 Å². The molecule has 0 fully saturated rings. The van der Waals surface area contributed by atoms with Crippen LogP contribution in [0.15, 0.2) is 54.6 Å². The second-order valence-corrected chi connectivity index (χ2v) is 4.36. The van der Waals surface area contributed by atoms with Gasteiger partial charge in [0, 0.05) is 5.92 Å². The summed E-state index contributed by atoms with van der Waals surface area (Å²) in [7, 11) is 0. The lowest BCUT2D eigenvalue weighted by molar-refractivity contribution is 0.694. The molecule has 2 aromatic carbocycles. The standard InChI is InChI=1S/C16H16N2/c17-11-14-6-4-5-13(9-14)10-16(12-18)15-7-2-1-3-8-15/h1-9,16H,10,12,18H2. The number of benzene rings is 2. The van der Waals surface area contributed by atoms with Crippen LogP contribution in [0.5, 0.6) is 0 Å². The minimum atomic E-state index is 0.306. The van der Waals surface area contributed by atoms with Crippen LogP contribution in [0, 0.1) is 11.3 Å². The lowest BCUT2D eigenvalue weighted by atomic mass is 9.91. The van der Waals surface area contributed by atoms with Gasteiger partial charge in [0.1, 0.15) is 0 Å². The molecule has 0 aromatic heterocycles. The zero-order valence-electron chi connectivity index (χ0n) is 10.2. The van der Waals surface area contributed by atoms with E-state index in [2.05, 4.69) is 18.2 Å². The second-order valence-electron chi connectivity index (χ2n) is 4.36. The van der Waals surface area contributed by atoms with Gasteiger partial charge in [-0.15, -0.1) is 0 Å². The molecule has 0 aliphatic heterocycles. The van der Waals surface area contributed by atoms with E-state index < -0.39 is 0 Å². The maximum Gasteiger partial charge on any atom is 0.0991 e. The van der Waals surface area contributed by atoms with E-state index in [-0.39, 0.29) is 0 Å². The van der Waals surface area contributed by atoms with Crippen LogP contribution in [0.25, 0.3) is 0 Å². The van der Waals surface area contributed by atoms with E-state index in [9.17, 15) is 0 Å². The summed E-state index contributed by atoms with van der Waals surface area (Å²) < 4.78 is 0. The largest absolute Gasteiger partial charge is 0.330 e. The fraction of sp³-hybridized carbons (Fsp3) is 0.188. The number of hydrogen-bond acceptors (Lipinski definition) is 2. The molecule has 0 aliphatic carbocycles. The van der Waals surface area contributed by atoms with Crippen LogP contribution in [-0.2, 0) is 6.42 Å². The monoisotopic (exact) mass is 236 g/mol. The van der Waals surface area contributed by atoms with Gasteiger partial charge in [0.25, 0.3) is 0 Å². The molecule has 0 heterocycles. The van der Waals surface area contributed by atoms with Crippen LogP contribution in [0.4, 0.5) is 0 Å². The average Bonchev–Trinajstić information content (AvgIpc) is 2.46. The van der Waals surface area contributed by atoms with Gasteiger partial charge in [-0.25, -0.2) is 0 Å². The highest BCUT2D eigenvalue weighted by Crippen LogP contribution is 2.20. The van der Waals surface area contributed by atoms with Gasteiger partial charge in [-0.3, -0.25) is 0 Å². The lowest BCUT2D eigenvalue weighted by Crippen LogP contribution is -2.15. The molecule has 0 spiro atoms. The summed E-state index contributed by atoms with van der Waals surface area (Å²) in [6.45, 7) is 0.612. The molecule has 2 rings (SSSR count). The first kappa shape index (κ1) is 12.3. The molecule has 2 nitrogen and oxygen atoms in total. The normalized spacial score (nSPS) is 11.8. The maximum absolute atomic E-state index is 8.90. The van der Waals surface area contributed by atoms with Crippen molar-refractivity contribution in [2.24, 2.45) is 5.73 Å². The molecule has 0 bridgehead atoms. The molecule has 1 unspecified atom stereocenters. The molecule has 2 N–H and O–H groups in total. The zero-order valence-corrected chi connectivity index (χ0v) is 10.2. The van der Waals surface area contributed by atoms with Gasteiger partial charge in [0.05, 0.1) is 11.6 Å². The minimum absolute atomic E-state index is 0.306. The second kappa shape index (κ2) is 6.00. The minimum Gasteiger partial charge on any atom is -0.330 e. The van der Waals surface area contributed by atoms with Crippen molar-refractivity contribution in [3.8, 4) is 6.07 Å². The van der Waals surface area contributed by atoms with Crippen molar-refractivity contribution in [3.05, 3.63) is 71.3 Å². The van der Waals surface area contributed by atoms with Gasteiger partial charge in [0.15, 0.2) is 0 Å². The molecule has 90 valence electrons. The van der Waals surface area contributed by atoms with Gasteiger partial charge in [-0.1, -0.05) is 42.5 Å². The Morgan fingerprint density at radius 2 is 1.83 bits per heavy atom. The van der Waals surface area contributed by atoms with E-state index in [4.69, 9.17) is 11.0 Å². The van der Waals surface area contributed by atoms with Crippen molar-refractivity contribution in [2.45, 2.75) is 12.3 Å². The highest BCUT2D eigenvalue weighted by molar-refractivity contribution is 5.34. The fourth-order valence-corrected chi connectivity index (χ4v) is 2.11. The summed E-state index contributed by atoms with van der Waals surface area (Å²) in [5.41, 5.74) is 8.98. The average molecular weight is 236 g/mol. The smallest absolute Gasteiger partial charge is 0.0991 e. The molecule has 0 saturated heterocycles. The Kier molecular flexibility index (Phi) is 4.11. The summed E-state index contributed by atoms with van der Waals surface area (Å²) >= 11 is 0. The Labute approximate surface area is 108 Å². The highest BCUT2D eigenvalue weighted by Gasteiger charge is 2.10. The summed E-state index contributed by atoms with van der Waals surface area (Å²) in [5.74, 6) is 0.306. The van der Waals surface area contributed by atoms with Crippen LogP contribution in [0.1, 0.15) is 22.6 Å². The van der Waals surface area contributed by atoms with E-state index in [0.717, 1.165) is 12.0 Å². The van der Waals surface area contributed by atoms with Crippen LogP contribution >= 0.6 is 0 Å². The van der Waals surface area contributed by atoms with E-state index >= 15 is 0 Å². The van der Waals surface area contributed by atoms with E-state index in [0.29, 0.717) is 18.0 Å². The zero-order chi connectivity index (χ0) is 12.8. The molecular formula is C16H16N2. The number of hydrogen-bond donors (Lipinski definition) is 1. The molecule has 2 heteroatoms. The Morgan fingerprint density at radius 3 is 2.50 bits per heavy atom. The molecule has 0 saturated carbocycles. The maximum atomic E-state index is 8.90. The number of nitrogens with two attached hydrogens (primary N) is 1. The van der Waals surface area contributed by atoms with E-state index in [1.54, 1.807) is 0 Å². The summed E-state index contributed by atoms with van der Waals surface area (Å²) in [4.78, 5) is 0. The first-order chi connectivity index (χ1) is 8.83. The van der Waals surface area contributed by atoms with Crippen molar-refractivity contribution >= 4 is 0 Å². The third-order valence-corrected chi connectivity index (χ3v) is 3.09. The summed E-state index contributed by atoms with van der Waals surface area (Å²) in [6, 6.07) is 20.2. The summed E-state index contributed by atoms with van der Waals surface area (Å²) in [5, 5.41) is 8.90. The molecule has 1 atom stereocenters. The first-order valence-electron chi connectivity index (χ1n) is 6.07. The van der Waals surface area contributed by atoms with Gasteiger partial charge in [0.2, 0.25) is 0 Å². The Bertz CT molecular complexity index is 541. The van der Waals surface area contributed by atoms with Crippen molar-refractivity contribution in [1.29, 1.82) is 5.26 Å². The third kappa shape index (κ3) is 2.97. The predicted octanol–water partition coefficient (Wildman–Crippen LogP) is 2.84. The first-order valence-corrected chi connectivity index (χ1v) is 6.07. The Balaban J connectivity index is 2.18. The Hall–Kier alpha value is -2.11. The summed E-state index contributed by atoms with van der Waals surface area (Å²) in [6.07, 6.45) is 0.871. The number of rotatable bonds is 4. The molecule has 0 amide bonds. The highest BCUT2D eigenvalue weighted by atomic mass is 14.5. The number of nitriles is 1. The van der Waals surface area contributed by atoms with Crippen LogP contribution in [0.3, 0.4) is 0 Å². The quantitative estimate of drug-likeness (QED) is 0.887. The van der Waals surface area contributed by atoms with Crippen LogP contribution in [0.2, 0.25) is 0 Å². The SMILES string of the molecule is N#Cc1cccc(CC(CN)c2ccccc2)c1. The Morgan fingerprint density at radius 1 is 1.06 bits per heavy atom. The van der Waals surface area contributed by atoms with Gasteiger partial charge in [-0.2, -0.15) is 5.26 Å². The molecule has 0 radical (unpaired) electrons. The van der Waals surface area contributed by atoms with E-state index in [1.807, 2.05) is 42.5 Å². The third-order valence-electron chi connectivity index (χ3n) is 3.09. The van der Waals surface area contributed by atoms with Crippen LogP contribution < -0.4 is 5.73 Å². The van der Waals surface area contributed by atoms with Gasteiger partial charge in [-0.05, 0) is 36.2 Å². The molecule has 2 aromatic rings. The van der Waals surface area contributed by atoms with Crippen molar-refractivity contribution in [1.82, 2.24) is 0 Å². The molecule has 0 aliphatic rings. The topological polar surface area (TPSA) is 49.8 Å². The van der Waals surface area contributed by atoms with Gasteiger partial charge >= 0.3 is 0 Å². The van der Waals surface area contributed by atoms with Gasteiger partial charge < -0.3 is 5.73 Å². The van der Waals surface area contributed by atoms with Crippen LogP contribution in [-0.4, -0.2) is 6.54 Å². The van der Waals surface area contributed by atoms with Crippen molar-refractivity contribution < 1.29 is 0 Å². The fourth-order valence-electron chi connectivity index (χ4n) is 2.11. The lowest BCUT2D eigenvalue weighted by Gasteiger charge is -2.15. The predicted molar refractivity (Wildman–Crippen MR) is 73.1 cm³/mol. The van der Waals surface area contributed by atoms with E-state index in [1.165, 1.54) is 5.56 Å². The number of nitrogens with zero attached hydrogens (tertiary/aromatic N) is 1.